The SMILES string of the molecule is C#CCC=CCCNC(C)C. The van der Waals surface area contributed by atoms with Gasteiger partial charge in [-0.15, -0.1) is 12.3 Å². The van der Waals surface area contributed by atoms with Crippen molar-refractivity contribution in [2.45, 2.75) is 32.7 Å². The lowest BCUT2D eigenvalue weighted by atomic mass is 10.3. The Morgan fingerprint density at radius 1 is 1.45 bits per heavy atom. The highest BCUT2D eigenvalue weighted by Gasteiger charge is 1.87. The monoisotopic (exact) mass is 151 g/mol. The Balaban J connectivity index is 3.09. The summed E-state index contributed by atoms with van der Waals surface area (Å²) in [7, 11) is 0. The van der Waals surface area contributed by atoms with Gasteiger partial charge in [0, 0.05) is 12.5 Å². The minimum Gasteiger partial charge on any atom is -0.314 e. The van der Waals surface area contributed by atoms with Crippen LogP contribution in [0.5, 0.6) is 0 Å². The molecule has 0 amide bonds. The van der Waals surface area contributed by atoms with E-state index in [0.29, 0.717) is 6.04 Å². The van der Waals surface area contributed by atoms with Crippen molar-refractivity contribution in [1.82, 2.24) is 5.32 Å². The highest BCUT2D eigenvalue weighted by Crippen LogP contribution is 1.85. The molecule has 0 rings (SSSR count). The molecule has 0 aromatic carbocycles. The lowest BCUT2D eigenvalue weighted by molar-refractivity contribution is 0.595. The zero-order valence-electron chi connectivity index (χ0n) is 7.43. The molecular formula is C10H17N. The van der Waals surface area contributed by atoms with E-state index in [1.807, 2.05) is 6.08 Å². The molecule has 0 spiro atoms. The van der Waals surface area contributed by atoms with E-state index in [-0.39, 0.29) is 0 Å². The van der Waals surface area contributed by atoms with E-state index in [1.54, 1.807) is 0 Å². The normalized spacial score (nSPS) is 10.7. The summed E-state index contributed by atoms with van der Waals surface area (Å²) in [4.78, 5) is 0. The van der Waals surface area contributed by atoms with Crippen LogP contribution in [0.1, 0.15) is 26.7 Å². The number of rotatable bonds is 5. The van der Waals surface area contributed by atoms with Gasteiger partial charge in [0.25, 0.3) is 0 Å². The van der Waals surface area contributed by atoms with Gasteiger partial charge in [0.1, 0.15) is 0 Å². The minimum atomic E-state index is 0.580. The maximum absolute atomic E-state index is 5.07. The molecule has 0 fully saturated rings. The van der Waals surface area contributed by atoms with Gasteiger partial charge >= 0.3 is 0 Å². The predicted octanol–water partition coefficient (Wildman–Crippen LogP) is 1.95. The number of nitrogens with one attached hydrogen (secondary N) is 1. The number of hydrogen-bond acceptors (Lipinski definition) is 1. The van der Waals surface area contributed by atoms with Gasteiger partial charge in [0.2, 0.25) is 0 Å². The van der Waals surface area contributed by atoms with E-state index in [4.69, 9.17) is 6.42 Å². The van der Waals surface area contributed by atoms with Gasteiger partial charge < -0.3 is 5.32 Å². The Kier molecular flexibility index (Phi) is 6.87. The van der Waals surface area contributed by atoms with Crippen molar-refractivity contribution in [3.05, 3.63) is 12.2 Å². The number of terminal acetylenes is 1. The van der Waals surface area contributed by atoms with Crippen LogP contribution < -0.4 is 5.32 Å². The van der Waals surface area contributed by atoms with Gasteiger partial charge in [-0.3, -0.25) is 0 Å². The van der Waals surface area contributed by atoms with Crippen molar-refractivity contribution < 1.29 is 0 Å². The molecule has 0 atom stereocenters. The van der Waals surface area contributed by atoms with Crippen LogP contribution in [0.3, 0.4) is 0 Å². The van der Waals surface area contributed by atoms with E-state index >= 15 is 0 Å². The molecule has 0 unspecified atom stereocenters. The maximum atomic E-state index is 5.07. The molecule has 0 radical (unpaired) electrons. The first-order chi connectivity index (χ1) is 5.27. The van der Waals surface area contributed by atoms with Crippen LogP contribution in [-0.4, -0.2) is 12.6 Å². The predicted molar refractivity (Wildman–Crippen MR) is 50.3 cm³/mol. The third-order valence-corrected chi connectivity index (χ3v) is 1.27. The van der Waals surface area contributed by atoms with E-state index < -0.39 is 0 Å². The largest absolute Gasteiger partial charge is 0.314 e. The molecule has 1 nitrogen and oxygen atoms in total. The fraction of sp³-hybridized carbons (Fsp3) is 0.600. The molecule has 0 saturated carbocycles. The van der Waals surface area contributed by atoms with Crippen molar-refractivity contribution in [3.63, 3.8) is 0 Å². The maximum Gasteiger partial charge on any atom is 0.0267 e. The zero-order chi connectivity index (χ0) is 8.53. The van der Waals surface area contributed by atoms with Gasteiger partial charge in [-0.2, -0.15) is 0 Å². The summed E-state index contributed by atoms with van der Waals surface area (Å²) in [6.45, 7) is 5.33. The fourth-order valence-electron chi connectivity index (χ4n) is 0.725. The van der Waals surface area contributed by atoms with E-state index in [1.165, 1.54) is 0 Å². The quantitative estimate of drug-likeness (QED) is 0.360. The zero-order valence-corrected chi connectivity index (χ0v) is 7.43. The van der Waals surface area contributed by atoms with Crippen LogP contribution >= 0.6 is 0 Å². The first-order valence-corrected chi connectivity index (χ1v) is 4.09. The molecule has 0 aliphatic carbocycles. The van der Waals surface area contributed by atoms with Gasteiger partial charge in [-0.1, -0.05) is 26.0 Å². The molecule has 11 heavy (non-hydrogen) atoms. The van der Waals surface area contributed by atoms with Crippen molar-refractivity contribution in [2.75, 3.05) is 6.54 Å². The first kappa shape index (κ1) is 10.3. The third-order valence-electron chi connectivity index (χ3n) is 1.27. The summed E-state index contributed by atoms with van der Waals surface area (Å²) in [5.41, 5.74) is 0. The average molecular weight is 151 g/mol. The summed E-state index contributed by atoms with van der Waals surface area (Å²) in [5.74, 6) is 2.56. The van der Waals surface area contributed by atoms with E-state index in [2.05, 4.69) is 31.2 Å². The fourth-order valence-corrected chi connectivity index (χ4v) is 0.725. The van der Waals surface area contributed by atoms with Crippen LogP contribution in [0, 0.1) is 12.3 Å². The average Bonchev–Trinajstić information content (AvgIpc) is 1.96. The van der Waals surface area contributed by atoms with Crippen molar-refractivity contribution in [3.8, 4) is 12.3 Å². The van der Waals surface area contributed by atoms with E-state index in [0.717, 1.165) is 19.4 Å². The van der Waals surface area contributed by atoms with Crippen LogP contribution in [-0.2, 0) is 0 Å². The summed E-state index contributed by atoms with van der Waals surface area (Å²) in [5, 5.41) is 3.32. The van der Waals surface area contributed by atoms with Crippen molar-refractivity contribution >= 4 is 0 Å². The summed E-state index contributed by atoms with van der Waals surface area (Å²) in [6, 6.07) is 0.580. The molecule has 0 aliphatic heterocycles. The second-order valence-corrected chi connectivity index (χ2v) is 2.78. The molecule has 1 heteroatoms. The first-order valence-electron chi connectivity index (χ1n) is 4.09. The summed E-state index contributed by atoms with van der Waals surface area (Å²) >= 11 is 0. The molecule has 0 aliphatic rings. The molecular weight excluding hydrogens is 134 g/mol. The number of allylic oxidation sites excluding steroid dienone is 1. The molecule has 0 heterocycles. The van der Waals surface area contributed by atoms with Crippen LogP contribution in [0.2, 0.25) is 0 Å². The lowest BCUT2D eigenvalue weighted by Gasteiger charge is -2.04. The van der Waals surface area contributed by atoms with Gasteiger partial charge in [-0.05, 0) is 13.0 Å². The van der Waals surface area contributed by atoms with Crippen LogP contribution in [0.4, 0.5) is 0 Å². The van der Waals surface area contributed by atoms with Crippen molar-refractivity contribution in [2.24, 2.45) is 0 Å². The second-order valence-electron chi connectivity index (χ2n) is 2.78. The third kappa shape index (κ3) is 9.26. The Morgan fingerprint density at radius 3 is 2.73 bits per heavy atom. The molecule has 0 bridgehead atoms. The molecule has 1 N–H and O–H groups in total. The molecule has 0 aromatic rings. The second kappa shape index (κ2) is 7.37. The Hall–Kier alpha value is -0.740. The van der Waals surface area contributed by atoms with E-state index in [9.17, 15) is 0 Å². The lowest BCUT2D eigenvalue weighted by Crippen LogP contribution is -2.23. The Bertz CT molecular complexity index is 139. The summed E-state index contributed by atoms with van der Waals surface area (Å²) < 4.78 is 0. The van der Waals surface area contributed by atoms with Crippen molar-refractivity contribution in [1.29, 1.82) is 0 Å². The molecule has 62 valence electrons. The summed E-state index contributed by atoms with van der Waals surface area (Å²) in [6.07, 6.45) is 11.0. The highest BCUT2D eigenvalue weighted by atomic mass is 14.9. The van der Waals surface area contributed by atoms with Gasteiger partial charge in [0.05, 0.1) is 0 Å². The Labute approximate surface area is 69.9 Å². The van der Waals surface area contributed by atoms with Gasteiger partial charge in [0.15, 0.2) is 0 Å². The molecule has 0 saturated heterocycles. The highest BCUT2D eigenvalue weighted by molar-refractivity contribution is 4.96. The molecule has 0 aromatic heterocycles. The topological polar surface area (TPSA) is 12.0 Å². The smallest absolute Gasteiger partial charge is 0.0267 e. The van der Waals surface area contributed by atoms with Gasteiger partial charge in [-0.25, -0.2) is 0 Å². The standard InChI is InChI=1S/C10H17N/c1-4-5-6-7-8-9-11-10(2)3/h1,6-7,10-11H,5,8-9H2,2-3H3. The minimum absolute atomic E-state index is 0.580. The van der Waals surface area contributed by atoms with Crippen LogP contribution in [0.15, 0.2) is 12.2 Å². The number of hydrogen-bond donors (Lipinski definition) is 1. The van der Waals surface area contributed by atoms with Crippen LogP contribution in [0.25, 0.3) is 0 Å². The Morgan fingerprint density at radius 2 is 2.18 bits per heavy atom.